The molecule has 1 aliphatic carbocycles. The Labute approximate surface area is 310 Å². The van der Waals surface area contributed by atoms with E-state index in [1.165, 1.54) is 16.7 Å². The smallest absolute Gasteiger partial charge is 0.310 e. The second-order valence-electron chi connectivity index (χ2n) is 16.5. The van der Waals surface area contributed by atoms with Crippen molar-refractivity contribution in [3.63, 3.8) is 0 Å². The number of aliphatic hydroxyl groups is 1. The number of aliphatic hydroxyl groups excluding tert-OH is 1. The highest BCUT2D eigenvalue weighted by molar-refractivity contribution is 7.99. The fourth-order valence-corrected chi connectivity index (χ4v) is 7.41. The van der Waals surface area contributed by atoms with Gasteiger partial charge in [-0.2, -0.15) is 0 Å². The molecule has 0 saturated heterocycles. The molecule has 5 rings (SSSR count). The highest BCUT2D eigenvalue weighted by atomic mass is 32.2. The molecule has 0 spiro atoms. The summed E-state index contributed by atoms with van der Waals surface area (Å²) in [6.07, 6.45) is 2.37. The Bertz CT molecular complexity index is 1750. The number of hydrogen-bond donors (Lipinski definition) is 2. The zero-order valence-corrected chi connectivity index (χ0v) is 33.1. The van der Waals surface area contributed by atoms with Crippen LogP contribution < -0.4 is 4.74 Å². The number of esters is 1. The van der Waals surface area contributed by atoms with Crippen molar-refractivity contribution in [2.24, 2.45) is 5.92 Å². The minimum Gasteiger partial charge on any atom is -0.508 e. The molecule has 0 aliphatic heterocycles. The molecule has 4 aromatic carbocycles. The number of phenolic OH excluding ortho intramolecular Hbond substituents is 1. The van der Waals surface area contributed by atoms with Gasteiger partial charge in [0, 0.05) is 27.2 Å². The normalized spacial score (nSPS) is 17.8. The van der Waals surface area contributed by atoms with E-state index in [0.717, 1.165) is 46.1 Å². The minimum atomic E-state index is -0.677. The van der Waals surface area contributed by atoms with Crippen LogP contribution in [0.2, 0.25) is 0 Å². The van der Waals surface area contributed by atoms with E-state index in [4.69, 9.17) is 9.47 Å². The van der Waals surface area contributed by atoms with Gasteiger partial charge in [0.15, 0.2) is 0 Å². The number of aryl methyl sites for hydroxylation is 1. The summed E-state index contributed by atoms with van der Waals surface area (Å²) >= 11 is 1.60. The molecular formula is C45H58O5S. The third-order valence-electron chi connectivity index (χ3n) is 9.27. The van der Waals surface area contributed by atoms with Crippen molar-refractivity contribution in [1.82, 2.24) is 0 Å². The third-order valence-corrected chi connectivity index (χ3v) is 10.3. The molecule has 0 amide bonds. The summed E-state index contributed by atoms with van der Waals surface area (Å²) in [5.41, 5.74) is 4.69. The first kappa shape index (κ1) is 40.0. The molecule has 2 N–H and O–H groups in total. The molecular weight excluding hydrogens is 653 g/mol. The molecule has 6 heteroatoms. The molecule has 0 unspecified atom stereocenters. The van der Waals surface area contributed by atoms with E-state index in [-0.39, 0.29) is 29.0 Å². The lowest BCUT2D eigenvalue weighted by Crippen LogP contribution is -2.39. The maximum atomic E-state index is 13.5. The molecule has 0 heterocycles. The molecule has 1 aliphatic rings. The number of hydrogen-bond acceptors (Lipinski definition) is 6. The number of rotatable bonds is 9. The van der Waals surface area contributed by atoms with E-state index in [2.05, 4.69) is 92.6 Å². The molecule has 0 aromatic heterocycles. The van der Waals surface area contributed by atoms with E-state index in [0.29, 0.717) is 17.9 Å². The first-order chi connectivity index (χ1) is 23.8. The average molecular weight is 711 g/mol. The maximum absolute atomic E-state index is 13.5. The van der Waals surface area contributed by atoms with Crippen molar-refractivity contribution < 1.29 is 24.5 Å². The fraction of sp³-hybridized carbons (Fsp3) is 0.444. The number of benzene rings is 4. The molecule has 1 fully saturated rings. The summed E-state index contributed by atoms with van der Waals surface area (Å²) in [6, 6.07) is 27.8. The lowest BCUT2D eigenvalue weighted by molar-refractivity contribution is -0.163. The van der Waals surface area contributed by atoms with Gasteiger partial charge in [-0.15, -0.1) is 0 Å². The van der Waals surface area contributed by atoms with Crippen LogP contribution in [0.5, 0.6) is 17.2 Å². The molecule has 51 heavy (non-hydrogen) atoms. The second kappa shape index (κ2) is 16.7. The van der Waals surface area contributed by atoms with Crippen LogP contribution in [0.1, 0.15) is 116 Å². The quantitative estimate of drug-likeness (QED) is 0.168. The van der Waals surface area contributed by atoms with E-state index < -0.39 is 11.7 Å². The van der Waals surface area contributed by atoms with Crippen LogP contribution >= 0.6 is 11.8 Å². The monoisotopic (exact) mass is 710 g/mol. The van der Waals surface area contributed by atoms with Gasteiger partial charge in [0.05, 0.1) is 12.5 Å². The first-order valence-corrected chi connectivity index (χ1v) is 19.1. The van der Waals surface area contributed by atoms with Crippen LogP contribution in [-0.4, -0.2) is 27.9 Å². The largest absolute Gasteiger partial charge is 0.508 e. The van der Waals surface area contributed by atoms with Crippen LogP contribution in [0.3, 0.4) is 0 Å². The van der Waals surface area contributed by atoms with E-state index in [9.17, 15) is 15.0 Å². The topological polar surface area (TPSA) is 76.0 Å². The van der Waals surface area contributed by atoms with Gasteiger partial charge < -0.3 is 19.7 Å². The average Bonchev–Trinajstić information content (AvgIpc) is 3.02. The van der Waals surface area contributed by atoms with Gasteiger partial charge in [0.2, 0.25) is 0 Å². The second-order valence-corrected chi connectivity index (χ2v) is 17.6. The highest BCUT2D eigenvalue weighted by Gasteiger charge is 2.35. The molecule has 274 valence electrons. The predicted molar refractivity (Wildman–Crippen MR) is 210 cm³/mol. The Balaban J connectivity index is 0.00000138. The summed E-state index contributed by atoms with van der Waals surface area (Å²) in [5.74, 6) is 2.02. The predicted octanol–water partition coefficient (Wildman–Crippen LogP) is 11.7. The number of phenols is 1. The lowest BCUT2D eigenvalue weighted by atomic mass is 9.75. The van der Waals surface area contributed by atoms with Crippen LogP contribution in [0.25, 0.3) is 0 Å². The molecule has 0 radical (unpaired) electrons. The summed E-state index contributed by atoms with van der Waals surface area (Å²) in [4.78, 5) is 15.5. The molecule has 1 saturated carbocycles. The van der Waals surface area contributed by atoms with Gasteiger partial charge in [-0.25, -0.2) is 0 Å². The Morgan fingerprint density at radius 2 is 1.45 bits per heavy atom. The van der Waals surface area contributed by atoms with Crippen molar-refractivity contribution in [2.45, 2.75) is 134 Å². The SMILES string of the molecule is CC(C)C.Cc1cc(C(C)(C)c2ccc(Oc3ccc(Sc4ccc(O)cc4)cc3)c(CC(=O)O[C@]3(C)CCC[C@H](O)C3)c2)ccc1C(C)(C)C. The van der Waals surface area contributed by atoms with E-state index in [1.54, 1.807) is 23.9 Å². The maximum Gasteiger partial charge on any atom is 0.310 e. The summed E-state index contributed by atoms with van der Waals surface area (Å²) in [7, 11) is 0. The standard InChI is InChI=1S/C41H48O5S.C4H10/c1-27-23-29(10-20-36(27)39(2,3)4)40(5,6)30-11-21-37(28(24-30)25-38(44)46-41(7)22-8-9-32(43)26-41)45-33-14-18-35(19-15-33)47-34-16-12-31(42)13-17-34;1-4(2)3/h10-21,23-24,32,42-43H,8-9,22,25-26H2,1-7H3;4H,1-3H3/t32-,41+;/m0./s1. The van der Waals surface area contributed by atoms with Gasteiger partial charge in [-0.05, 0) is 121 Å². The van der Waals surface area contributed by atoms with Crippen LogP contribution in [0.4, 0.5) is 0 Å². The minimum absolute atomic E-state index is 0.0573. The van der Waals surface area contributed by atoms with Crippen molar-refractivity contribution in [2.75, 3.05) is 0 Å². The van der Waals surface area contributed by atoms with Gasteiger partial charge in [-0.1, -0.05) is 97.5 Å². The summed E-state index contributed by atoms with van der Waals surface area (Å²) in [6.45, 7) is 21.7. The summed E-state index contributed by atoms with van der Waals surface area (Å²) in [5, 5.41) is 19.8. The van der Waals surface area contributed by atoms with Crippen LogP contribution in [0.15, 0.2) is 94.7 Å². The number of ether oxygens (including phenoxy) is 2. The van der Waals surface area contributed by atoms with Crippen LogP contribution in [0, 0.1) is 12.8 Å². The first-order valence-electron chi connectivity index (χ1n) is 18.2. The molecule has 2 atom stereocenters. The number of carbonyl (C=O) groups excluding carboxylic acids is 1. The lowest BCUT2D eigenvalue weighted by Gasteiger charge is -2.35. The number of aromatic hydroxyl groups is 1. The molecule has 4 aromatic rings. The zero-order valence-electron chi connectivity index (χ0n) is 32.3. The molecule has 5 nitrogen and oxygen atoms in total. The van der Waals surface area contributed by atoms with Gasteiger partial charge in [-0.3, -0.25) is 4.79 Å². The van der Waals surface area contributed by atoms with Crippen LogP contribution in [-0.2, 0) is 26.8 Å². The number of carbonyl (C=O) groups is 1. The Morgan fingerprint density at radius 3 is 2.02 bits per heavy atom. The Hall–Kier alpha value is -3.74. The highest BCUT2D eigenvalue weighted by Crippen LogP contribution is 2.39. The third kappa shape index (κ3) is 11.4. The molecule has 0 bridgehead atoms. The van der Waals surface area contributed by atoms with E-state index in [1.807, 2.05) is 49.4 Å². The van der Waals surface area contributed by atoms with Gasteiger partial charge in [0.25, 0.3) is 0 Å². The van der Waals surface area contributed by atoms with Crippen molar-refractivity contribution in [1.29, 1.82) is 0 Å². The van der Waals surface area contributed by atoms with Gasteiger partial charge in [0.1, 0.15) is 22.8 Å². The van der Waals surface area contributed by atoms with E-state index >= 15 is 0 Å². The van der Waals surface area contributed by atoms with Gasteiger partial charge >= 0.3 is 5.97 Å². The zero-order chi connectivity index (χ0) is 37.6. The van der Waals surface area contributed by atoms with Crippen molar-refractivity contribution in [3.05, 3.63) is 113 Å². The Morgan fingerprint density at radius 1 is 0.882 bits per heavy atom. The Kier molecular flexibility index (Phi) is 13.1. The van der Waals surface area contributed by atoms with Crippen molar-refractivity contribution in [3.8, 4) is 17.2 Å². The van der Waals surface area contributed by atoms with Crippen molar-refractivity contribution >= 4 is 17.7 Å². The summed E-state index contributed by atoms with van der Waals surface area (Å²) < 4.78 is 12.5. The fourth-order valence-electron chi connectivity index (χ4n) is 6.59.